The first-order valence-electron chi connectivity index (χ1n) is 3.99. The summed E-state index contributed by atoms with van der Waals surface area (Å²) in [4.78, 5) is 22.7. The average molecular weight is 227 g/mol. The van der Waals surface area contributed by atoms with Crippen molar-refractivity contribution >= 4 is 23.2 Å². The highest BCUT2D eigenvalue weighted by molar-refractivity contribution is 6.32. The molecule has 3 nitrogen and oxygen atoms in total. The lowest BCUT2D eigenvalue weighted by atomic mass is 9.93. The summed E-state index contributed by atoms with van der Waals surface area (Å²) in [6.45, 7) is 0. The minimum absolute atomic E-state index is 0.0298. The number of hydrogen-bond acceptors (Lipinski definition) is 3. The molecule has 0 spiro atoms. The number of aliphatic hydroxyl groups excluding tert-OH is 1. The summed E-state index contributed by atoms with van der Waals surface area (Å²) in [5.41, 5.74) is -0.549. The molecule has 0 atom stereocenters. The van der Waals surface area contributed by atoms with E-state index in [0.29, 0.717) is 0 Å². The van der Waals surface area contributed by atoms with Crippen LogP contribution in [0, 0.1) is 5.82 Å². The number of carbonyl (C=O) groups excluding carboxylic acids is 2. The van der Waals surface area contributed by atoms with Gasteiger partial charge < -0.3 is 5.11 Å². The average Bonchev–Trinajstić information content (AvgIpc) is 2.13. The Hall–Kier alpha value is -1.68. The molecule has 1 aliphatic rings. The number of hydrogen-bond donors (Lipinski definition) is 1. The Kier molecular flexibility index (Phi) is 2.08. The first-order chi connectivity index (χ1) is 7.00. The number of fused-ring (bicyclic) bond motifs is 1. The first kappa shape index (κ1) is 9.86. The van der Waals surface area contributed by atoms with Crippen molar-refractivity contribution in [1.29, 1.82) is 0 Å². The number of Topliss-reactive ketones (excluding diaryl/α,β-unsaturated/α-hetero) is 1. The molecule has 0 fully saturated rings. The van der Waals surface area contributed by atoms with Crippen molar-refractivity contribution in [2.24, 2.45) is 0 Å². The molecule has 0 unspecified atom stereocenters. The second kappa shape index (κ2) is 3.17. The van der Waals surface area contributed by atoms with Crippen LogP contribution in [0.1, 0.15) is 20.7 Å². The number of halogens is 2. The van der Waals surface area contributed by atoms with Gasteiger partial charge in [0.1, 0.15) is 5.82 Å². The van der Waals surface area contributed by atoms with E-state index < -0.39 is 28.7 Å². The van der Waals surface area contributed by atoms with Crippen LogP contribution in [-0.4, -0.2) is 16.7 Å². The molecule has 1 aliphatic carbocycles. The van der Waals surface area contributed by atoms with Gasteiger partial charge in [0.05, 0.1) is 5.56 Å². The van der Waals surface area contributed by atoms with Gasteiger partial charge in [-0.05, 0) is 12.1 Å². The predicted molar refractivity (Wildman–Crippen MR) is 50.8 cm³/mol. The molecule has 2 rings (SSSR count). The van der Waals surface area contributed by atoms with Crippen LogP contribution >= 0.6 is 11.6 Å². The van der Waals surface area contributed by atoms with E-state index in [2.05, 4.69) is 0 Å². The Balaban J connectivity index is 2.78. The zero-order valence-electron chi connectivity index (χ0n) is 7.25. The van der Waals surface area contributed by atoms with E-state index in [9.17, 15) is 14.0 Å². The largest absolute Gasteiger partial charge is 0.504 e. The molecule has 76 valence electrons. The fourth-order valence-corrected chi connectivity index (χ4v) is 1.60. The summed E-state index contributed by atoms with van der Waals surface area (Å²) in [5.74, 6) is -3.20. The number of carbonyl (C=O) groups is 2. The van der Waals surface area contributed by atoms with Gasteiger partial charge in [0.2, 0.25) is 5.78 Å². The Morgan fingerprint density at radius 3 is 2.60 bits per heavy atom. The van der Waals surface area contributed by atoms with E-state index in [1.165, 1.54) is 6.07 Å². The van der Waals surface area contributed by atoms with Crippen molar-refractivity contribution in [1.82, 2.24) is 0 Å². The van der Waals surface area contributed by atoms with E-state index in [4.69, 9.17) is 16.7 Å². The van der Waals surface area contributed by atoms with Gasteiger partial charge >= 0.3 is 0 Å². The molecule has 1 aromatic rings. The monoisotopic (exact) mass is 226 g/mol. The van der Waals surface area contributed by atoms with Crippen LogP contribution in [0.5, 0.6) is 0 Å². The molecule has 0 heterocycles. The summed E-state index contributed by atoms with van der Waals surface area (Å²) in [7, 11) is 0. The SMILES string of the molecule is O=C1C=C(O)C(=O)c2c(F)cc(Cl)cc21. The summed E-state index contributed by atoms with van der Waals surface area (Å²) in [6.07, 6.45) is 0.750. The topological polar surface area (TPSA) is 54.4 Å². The van der Waals surface area contributed by atoms with Crippen LogP contribution in [0.2, 0.25) is 5.02 Å². The van der Waals surface area contributed by atoms with Crippen LogP contribution in [0.15, 0.2) is 24.0 Å². The van der Waals surface area contributed by atoms with Gasteiger partial charge in [-0.15, -0.1) is 0 Å². The van der Waals surface area contributed by atoms with Gasteiger partial charge in [-0.3, -0.25) is 9.59 Å². The molecular weight excluding hydrogens is 223 g/mol. The van der Waals surface area contributed by atoms with Crippen LogP contribution in [0.25, 0.3) is 0 Å². The van der Waals surface area contributed by atoms with E-state index in [1.807, 2.05) is 0 Å². The van der Waals surface area contributed by atoms with E-state index in [1.54, 1.807) is 0 Å². The number of ketones is 2. The minimum Gasteiger partial charge on any atom is -0.504 e. The van der Waals surface area contributed by atoms with Gasteiger partial charge in [0.15, 0.2) is 11.5 Å². The second-order valence-corrected chi connectivity index (χ2v) is 3.47. The summed E-state index contributed by atoms with van der Waals surface area (Å²) in [5, 5.41) is 9.11. The molecule has 1 N–H and O–H groups in total. The zero-order valence-corrected chi connectivity index (χ0v) is 8.01. The maximum atomic E-state index is 13.3. The van der Waals surface area contributed by atoms with Gasteiger partial charge in [0.25, 0.3) is 0 Å². The van der Waals surface area contributed by atoms with E-state index in [-0.39, 0.29) is 10.6 Å². The van der Waals surface area contributed by atoms with Crippen molar-refractivity contribution in [3.05, 3.63) is 45.9 Å². The van der Waals surface area contributed by atoms with Crippen molar-refractivity contribution < 1.29 is 19.1 Å². The summed E-state index contributed by atoms with van der Waals surface area (Å²) in [6, 6.07) is 2.12. The molecule has 0 amide bonds. The number of rotatable bonds is 0. The van der Waals surface area contributed by atoms with Crippen molar-refractivity contribution in [3.63, 3.8) is 0 Å². The minimum atomic E-state index is -0.907. The Morgan fingerprint density at radius 1 is 1.27 bits per heavy atom. The van der Waals surface area contributed by atoms with Crippen LogP contribution < -0.4 is 0 Å². The summed E-state index contributed by atoms with van der Waals surface area (Å²) < 4.78 is 13.3. The highest BCUT2D eigenvalue weighted by atomic mass is 35.5. The lowest BCUT2D eigenvalue weighted by Crippen LogP contribution is -2.18. The second-order valence-electron chi connectivity index (χ2n) is 3.03. The smallest absolute Gasteiger partial charge is 0.231 e. The Morgan fingerprint density at radius 2 is 1.93 bits per heavy atom. The number of benzene rings is 1. The standard InChI is InChI=1S/C10H4ClFO3/c11-4-1-5-7(13)3-8(14)10(15)9(5)6(12)2-4/h1-3,14H. The third-order valence-electron chi connectivity index (χ3n) is 2.05. The molecule has 0 radical (unpaired) electrons. The molecule has 0 saturated heterocycles. The highest BCUT2D eigenvalue weighted by Gasteiger charge is 2.28. The molecule has 5 heteroatoms. The van der Waals surface area contributed by atoms with Crippen LogP contribution in [0.4, 0.5) is 4.39 Å². The highest BCUT2D eigenvalue weighted by Crippen LogP contribution is 2.26. The van der Waals surface area contributed by atoms with Crippen LogP contribution in [0.3, 0.4) is 0 Å². The molecule has 0 aliphatic heterocycles. The van der Waals surface area contributed by atoms with Gasteiger partial charge in [0, 0.05) is 16.7 Å². The first-order valence-corrected chi connectivity index (χ1v) is 4.37. The fourth-order valence-electron chi connectivity index (χ4n) is 1.39. The lowest BCUT2D eigenvalue weighted by Gasteiger charge is -2.12. The number of aliphatic hydroxyl groups is 1. The predicted octanol–water partition coefficient (Wildman–Crippen LogP) is 2.30. The molecular formula is C10H4ClFO3. The van der Waals surface area contributed by atoms with Gasteiger partial charge in [-0.2, -0.15) is 0 Å². The van der Waals surface area contributed by atoms with E-state index >= 15 is 0 Å². The maximum Gasteiger partial charge on any atom is 0.231 e. The molecule has 15 heavy (non-hydrogen) atoms. The van der Waals surface area contributed by atoms with Crippen molar-refractivity contribution in [3.8, 4) is 0 Å². The molecule has 1 aromatic carbocycles. The van der Waals surface area contributed by atoms with Gasteiger partial charge in [-0.25, -0.2) is 4.39 Å². The van der Waals surface area contributed by atoms with Crippen molar-refractivity contribution in [2.75, 3.05) is 0 Å². The molecule has 0 aromatic heterocycles. The normalized spacial score (nSPS) is 14.9. The van der Waals surface area contributed by atoms with Crippen molar-refractivity contribution in [2.45, 2.75) is 0 Å². The molecule has 0 saturated carbocycles. The molecule has 0 bridgehead atoms. The number of allylic oxidation sites excluding steroid dienone is 2. The third kappa shape index (κ3) is 1.43. The van der Waals surface area contributed by atoms with Gasteiger partial charge in [-0.1, -0.05) is 11.6 Å². The van der Waals surface area contributed by atoms with E-state index in [0.717, 1.165) is 12.1 Å². The zero-order chi connectivity index (χ0) is 11.2. The lowest BCUT2D eigenvalue weighted by molar-refractivity contribution is 0.0935. The Bertz CT molecular complexity index is 520. The maximum absolute atomic E-state index is 13.3. The third-order valence-corrected chi connectivity index (χ3v) is 2.27. The fraction of sp³-hybridized carbons (Fsp3) is 0. The quantitative estimate of drug-likeness (QED) is 0.739. The summed E-state index contributed by atoms with van der Waals surface area (Å²) >= 11 is 5.54. The van der Waals surface area contributed by atoms with Crippen LogP contribution in [-0.2, 0) is 0 Å². The Labute approximate surface area is 88.8 Å².